The van der Waals surface area contributed by atoms with Crippen LogP contribution in [0.5, 0.6) is 0 Å². The van der Waals surface area contributed by atoms with Crippen molar-refractivity contribution >= 4 is 16.8 Å². The Hall–Kier alpha value is -2.77. The van der Waals surface area contributed by atoms with Crippen LogP contribution in [0.1, 0.15) is 68.9 Å². The Morgan fingerprint density at radius 3 is 2.54 bits per heavy atom. The number of aromatic amines is 1. The molecule has 0 unspecified atom stereocenters. The molecule has 0 atom stereocenters. The molecule has 7 heteroatoms. The molecule has 4 heterocycles. The standard InChI is InChI=1S/C28H38N6O/c1-28(2,3)34-13-9-23(10-14-34)30-27(35)26-24-16-21(7-8-25(24)31-32-26)22-15-20(17-29-18-22)19-33-11-5-4-6-12-33/h7-8,15-18,23H,4-6,9-14,19H2,1-3H3,(H,30,35)(H,31,32). The number of likely N-dealkylation sites (tertiary alicyclic amines) is 2. The fraction of sp³-hybridized carbons (Fsp3) is 0.536. The van der Waals surface area contributed by atoms with Crippen molar-refractivity contribution in [3.05, 3.63) is 47.9 Å². The van der Waals surface area contributed by atoms with E-state index in [0.717, 1.165) is 54.5 Å². The van der Waals surface area contributed by atoms with Gasteiger partial charge in [0.1, 0.15) is 0 Å². The largest absolute Gasteiger partial charge is 0.348 e. The molecule has 186 valence electrons. The lowest BCUT2D eigenvalue weighted by molar-refractivity contribution is 0.0810. The van der Waals surface area contributed by atoms with Crippen LogP contribution in [0.4, 0.5) is 0 Å². The van der Waals surface area contributed by atoms with E-state index in [2.05, 4.69) is 69.3 Å². The monoisotopic (exact) mass is 474 g/mol. The van der Waals surface area contributed by atoms with Gasteiger partial charge >= 0.3 is 0 Å². The lowest BCUT2D eigenvalue weighted by atomic mass is 9.98. The molecular formula is C28H38N6O. The number of nitrogens with one attached hydrogen (secondary N) is 2. The fourth-order valence-corrected chi connectivity index (χ4v) is 5.42. The molecule has 35 heavy (non-hydrogen) atoms. The second-order valence-corrected chi connectivity index (χ2v) is 11.2. The van der Waals surface area contributed by atoms with Crippen molar-refractivity contribution in [2.75, 3.05) is 26.2 Å². The molecule has 2 saturated heterocycles. The Morgan fingerprint density at radius 1 is 1.03 bits per heavy atom. The highest BCUT2D eigenvalue weighted by Crippen LogP contribution is 2.27. The summed E-state index contributed by atoms with van der Waals surface area (Å²) in [6, 6.07) is 8.56. The van der Waals surface area contributed by atoms with E-state index in [-0.39, 0.29) is 17.5 Å². The van der Waals surface area contributed by atoms with Crippen molar-refractivity contribution < 1.29 is 4.79 Å². The van der Waals surface area contributed by atoms with Crippen LogP contribution in [0.3, 0.4) is 0 Å². The number of carbonyl (C=O) groups is 1. The lowest BCUT2D eigenvalue weighted by Crippen LogP contribution is -2.50. The summed E-state index contributed by atoms with van der Waals surface area (Å²) in [6.45, 7) is 12.0. The second kappa shape index (κ2) is 10.1. The summed E-state index contributed by atoms with van der Waals surface area (Å²) in [5, 5.41) is 11.5. The molecule has 2 fully saturated rings. The van der Waals surface area contributed by atoms with Crippen molar-refractivity contribution in [3.8, 4) is 11.1 Å². The number of piperidine rings is 2. The molecule has 7 nitrogen and oxygen atoms in total. The molecule has 2 aliphatic rings. The molecule has 0 saturated carbocycles. The molecule has 2 aromatic heterocycles. The summed E-state index contributed by atoms with van der Waals surface area (Å²) in [6.07, 6.45) is 9.71. The summed E-state index contributed by atoms with van der Waals surface area (Å²) < 4.78 is 0. The number of hydrogen-bond acceptors (Lipinski definition) is 5. The van der Waals surface area contributed by atoms with Crippen LogP contribution in [0.15, 0.2) is 36.7 Å². The first-order valence-electron chi connectivity index (χ1n) is 13.1. The molecule has 5 rings (SSSR count). The SMILES string of the molecule is CC(C)(C)N1CCC(NC(=O)c2n[nH]c3ccc(-c4cncc(CN5CCCCC5)c4)cc23)CC1. The number of amides is 1. The Labute approximate surface area is 208 Å². The summed E-state index contributed by atoms with van der Waals surface area (Å²) >= 11 is 0. The second-order valence-electron chi connectivity index (χ2n) is 11.2. The van der Waals surface area contributed by atoms with Gasteiger partial charge in [0.15, 0.2) is 5.69 Å². The van der Waals surface area contributed by atoms with Crippen molar-refractivity contribution in [2.45, 2.75) is 71.0 Å². The van der Waals surface area contributed by atoms with Gasteiger partial charge in [0, 0.05) is 54.6 Å². The lowest BCUT2D eigenvalue weighted by Gasteiger charge is -2.40. The topological polar surface area (TPSA) is 77.1 Å². The van der Waals surface area contributed by atoms with Crippen LogP contribution in [-0.4, -0.2) is 68.6 Å². The number of nitrogens with zero attached hydrogens (tertiary/aromatic N) is 4. The van der Waals surface area contributed by atoms with Gasteiger partial charge in [-0.2, -0.15) is 5.10 Å². The zero-order chi connectivity index (χ0) is 24.4. The first kappa shape index (κ1) is 23.9. The van der Waals surface area contributed by atoms with Crippen LogP contribution in [0.2, 0.25) is 0 Å². The Kier molecular flexibility index (Phi) is 6.89. The highest BCUT2D eigenvalue weighted by Gasteiger charge is 2.28. The van der Waals surface area contributed by atoms with Gasteiger partial charge in [-0.05, 0) is 88.9 Å². The summed E-state index contributed by atoms with van der Waals surface area (Å²) in [5.41, 5.74) is 4.87. The van der Waals surface area contributed by atoms with Gasteiger partial charge in [-0.1, -0.05) is 12.5 Å². The van der Waals surface area contributed by atoms with E-state index in [1.165, 1.54) is 37.9 Å². The molecule has 0 spiro atoms. The number of H-pyrrole nitrogens is 1. The van der Waals surface area contributed by atoms with Gasteiger partial charge in [0.05, 0.1) is 5.52 Å². The van der Waals surface area contributed by atoms with Crippen molar-refractivity contribution in [2.24, 2.45) is 0 Å². The molecule has 0 radical (unpaired) electrons. The minimum atomic E-state index is -0.0976. The average Bonchev–Trinajstić information content (AvgIpc) is 3.28. The molecule has 0 bridgehead atoms. The van der Waals surface area contributed by atoms with E-state index >= 15 is 0 Å². The zero-order valence-corrected chi connectivity index (χ0v) is 21.3. The van der Waals surface area contributed by atoms with Gasteiger partial charge < -0.3 is 5.32 Å². The van der Waals surface area contributed by atoms with E-state index in [1.807, 2.05) is 18.5 Å². The minimum absolute atomic E-state index is 0.0976. The first-order chi connectivity index (χ1) is 16.9. The zero-order valence-electron chi connectivity index (χ0n) is 21.3. The van der Waals surface area contributed by atoms with Gasteiger partial charge in [0.2, 0.25) is 0 Å². The van der Waals surface area contributed by atoms with Crippen molar-refractivity contribution in [3.63, 3.8) is 0 Å². The van der Waals surface area contributed by atoms with E-state index < -0.39 is 0 Å². The predicted octanol–water partition coefficient (Wildman–Crippen LogP) is 4.60. The molecule has 1 amide bonds. The number of fused-ring (bicyclic) bond motifs is 1. The molecule has 2 aliphatic heterocycles. The smallest absolute Gasteiger partial charge is 0.272 e. The quantitative estimate of drug-likeness (QED) is 0.565. The average molecular weight is 475 g/mol. The maximum absolute atomic E-state index is 13.2. The number of hydrogen-bond donors (Lipinski definition) is 2. The third-order valence-corrected chi connectivity index (χ3v) is 7.54. The minimum Gasteiger partial charge on any atom is -0.348 e. The third-order valence-electron chi connectivity index (χ3n) is 7.54. The first-order valence-corrected chi connectivity index (χ1v) is 13.1. The van der Waals surface area contributed by atoms with Crippen LogP contribution < -0.4 is 5.32 Å². The Morgan fingerprint density at radius 2 is 1.80 bits per heavy atom. The number of carbonyl (C=O) groups excluding carboxylic acids is 1. The summed E-state index contributed by atoms with van der Waals surface area (Å²) in [7, 11) is 0. The Balaban J connectivity index is 1.30. The number of aromatic nitrogens is 3. The van der Waals surface area contributed by atoms with Gasteiger partial charge in [-0.25, -0.2) is 0 Å². The normalized spacial score (nSPS) is 18.7. The van der Waals surface area contributed by atoms with Crippen LogP contribution >= 0.6 is 0 Å². The fourth-order valence-electron chi connectivity index (χ4n) is 5.42. The predicted molar refractivity (Wildman–Crippen MR) is 140 cm³/mol. The van der Waals surface area contributed by atoms with Crippen molar-refractivity contribution in [1.29, 1.82) is 0 Å². The summed E-state index contributed by atoms with van der Waals surface area (Å²) in [4.78, 5) is 22.7. The van der Waals surface area contributed by atoms with E-state index in [4.69, 9.17) is 0 Å². The highest BCUT2D eigenvalue weighted by atomic mass is 16.2. The number of pyridine rings is 1. The maximum atomic E-state index is 13.2. The number of rotatable bonds is 5. The van der Waals surface area contributed by atoms with Crippen molar-refractivity contribution in [1.82, 2.24) is 30.3 Å². The van der Waals surface area contributed by atoms with Gasteiger partial charge in [0.25, 0.3) is 5.91 Å². The highest BCUT2D eigenvalue weighted by molar-refractivity contribution is 6.05. The van der Waals surface area contributed by atoms with Gasteiger partial charge in [-0.15, -0.1) is 0 Å². The third kappa shape index (κ3) is 5.57. The van der Waals surface area contributed by atoms with E-state index in [0.29, 0.717) is 5.69 Å². The molecular weight excluding hydrogens is 436 g/mol. The van der Waals surface area contributed by atoms with Crippen LogP contribution in [-0.2, 0) is 6.54 Å². The van der Waals surface area contributed by atoms with E-state index in [1.54, 1.807) is 0 Å². The van der Waals surface area contributed by atoms with E-state index in [9.17, 15) is 4.79 Å². The number of benzene rings is 1. The molecule has 2 N–H and O–H groups in total. The van der Waals surface area contributed by atoms with Crippen LogP contribution in [0.25, 0.3) is 22.0 Å². The molecule has 1 aromatic carbocycles. The Bertz CT molecular complexity index is 1170. The summed E-state index contributed by atoms with van der Waals surface area (Å²) in [5.74, 6) is -0.0976. The van der Waals surface area contributed by atoms with Crippen LogP contribution in [0, 0.1) is 0 Å². The molecule has 3 aromatic rings. The van der Waals surface area contributed by atoms with Gasteiger partial charge in [-0.3, -0.25) is 24.7 Å². The molecule has 0 aliphatic carbocycles. The maximum Gasteiger partial charge on any atom is 0.272 e.